The first-order valence-corrected chi connectivity index (χ1v) is 8.27. The molecule has 0 bridgehead atoms. The quantitative estimate of drug-likeness (QED) is 0.862. The molecule has 0 unspecified atom stereocenters. The Balaban J connectivity index is 1.87. The number of rotatable bonds is 6. The van der Waals surface area contributed by atoms with E-state index in [1.165, 1.54) is 4.90 Å². The van der Waals surface area contributed by atoms with Crippen LogP contribution in [0.2, 0.25) is 5.02 Å². The standard InChI is InChI=1S/C19H22ClN3O2/c1-22(2)19(25)15-6-10-17(11-7-15)21-18(24)13-23(3)12-14-4-8-16(20)9-5-14/h4-11H,12-13H2,1-3H3,(H,21,24). The van der Waals surface area contributed by atoms with Gasteiger partial charge in [-0.1, -0.05) is 23.7 Å². The molecule has 0 fully saturated rings. The van der Waals surface area contributed by atoms with Gasteiger partial charge in [0.15, 0.2) is 0 Å². The average molecular weight is 360 g/mol. The second-order valence-electron chi connectivity index (χ2n) is 6.12. The summed E-state index contributed by atoms with van der Waals surface area (Å²) >= 11 is 5.87. The molecule has 5 nitrogen and oxygen atoms in total. The Labute approximate surface area is 153 Å². The van der Waals surface area contributed by atoms with E-state index in [4.69, 9.17) is 11.6 Å². The third kappa shape index (κ3) is 5.89. The molecule has 25 heavy (non-hydrogen) atoms. The number of amides is 2. The van der Waals surface area contributed by atoms with Crippen molar-refractivity contribution in [2.45, 2.75) is 6.54 Å². The van der Waals surface area contributed by atoms with Gasteiger partial charge in [0.2, 0.25) is 5.91 Å². The maximum absolute atomic E-state index is 12.1. The van der Waals surface area contributed by atoms with Crippen molar-refractivity contribution in [3.8, 4) is 0 Å². The third-order valence-corrected chi connectivity index (χ3v) is 3.85. The fraction of sp³-hybridized carbons (Fsp3) is 0.263. The smallest absolute Gasteiger partial charge is 0.253 e. The lowest BCUT2D eigenvalue weighted by Gasteiger charge is -2.16. The van der Waals surface area contributed by atoms with Gasteiger partial charge in [-0.15, -0.1) is 0 Å². The van der Waals surface area contributed by atoms with Crippen LogP contribution in [0.15, 0.2) is 48.5 Å². The predicted molar refractivity (Wildman–Crippen MR) is 101 cm³/mol. The number of nitrogens with one attached hydrogen (secondary N) is 1. The lowest BCUT2D eigenvalue weighted by atomic mass is 10.2. The van der Waals surface area contributed by atoms with Crippen molar-refractivity contribution in [3.05, 3.63) is 64.7 Å². The van der Waals surface area contributed by atoms with E-state index >= 15 is 0 Å². The topological polar surface area (TPSA) is 52.7 Å². The van der Waals surface area contributed by atoms with Gasteiger partial charge in [0.05, 0.1) is 6.54 Å². The van der Waals surface area contributed by atoms with E-state index < -0.39 is 0 Å². The molecule has 0 spiro atoms. The van der Waals surface area contributed by atoms with Crippen LogP contribution in [-0.2, 0) is 11.3 Å². The molecule has 132 valence electrons. The lowest BCUT2D eigenvalue weighted by molar-refractivity contribution is -0.117. The molecule has 0 aliphatic carbocycles. The van der Waals surface area contributed by atoms with E-state index in [2.05, 4.69) is 5.32 Å². The molecule has 0 saturated carbocycles. The summed E-state index contributed by atoms with van der Waals surface area (Å²) in [5, 5.41) is 3.53. The van der Waals surface area contributed by atoms with Crippen LogP contribution in [0, 0.1) is 0 Å². The Bertz CT molecular complexity index is 727. The van der Waals surface area contributed by atoms with Crippen LogP contribution in [0.25, 0.3) is 0 Å². The molecule has 0 heterocycles. The molecule has 0 aliphatic rings. The van der Waals surface area contributed by atoms with Crippen LogP contribution in [0.1, 0.15) is 15.9 Å². The van der Waals surface area contributed by atoms with Gasteiger partial charge in [-0.2, -0.15) is 0 Å². The molecule has 2 aromatic rings. The van der Waals surface area contributed by atoms with E-state index in [-0.39, 0.29) is 18.4 Å². The Hall–Kier alpha value is -2.37. The van der Waals surface area contributed by atoms with Crippen molar-refractivity contribution in [2.24, 2.45) is 0 Å². The van der Waals surface area contributed by atoms with Crippen molar-refractivity contribution < 1.29 is 9.59 Å². The number of nitrogens with zero attached hydrogens (tertiary/aromatic N) is 2. The van der Waals surface area contributed by atoms with Crippen molar-refractivity contribution >= 4 is 29.1 Å². The van der Waals surface area contributed by atoms with Gasteiger partial charge in [0.1, 0.15) is 0 Å². The van der Waals surface area contributed by atoms with Gasteiger partial charge in [-0.05, 0) is 49.0 Å². The highest BCUT2D eigenvalue weighted by molar-refractivity contribution is 6.30. The number of likely N-dealkylation sites (N-methyl/N-ethyl adjacent to an activating group) is 1. The first-order valence-electron chi connectivity index (χ1n) is 7.89. The molecule has 1 N–H and O–H groups in total. The molecule has 2 aromatic carbocycles. The highest BCUT2D eigenvalue weighted by Crippen LogP contribution is 2.12. The van der Waals surface area contributed by atoms with E-state index in [0.717, 1.165) is 5.56 Å². The SMILES string of the molecule is CN(CC(=O)Nc1ccc(C(=O)N(C)C)cc1)Cc1ccc(Cl)cc1. The number of benzene rings is 2. The van der Waals surface area contributed by atoms with Gasteiger partial charge in [-0.3, -0.25) is 14.5 Å². The Morgan fingerprint density at radius 2 is 1.56 bits per heavy atom. The van der Waals surface area contributed by atoms with E-state index in [0.29, 0.717) is 22.8 Å². The summed E-state index contributed by atoms with van der Waals surface area (Å²) in [5.74, 6) is -0.177. The Kier molecular flexibility index (Phi) is 6.56. The molecule has 0 aliphatic heterocycles. The maximum Gasteiger partial charge on any atom is 0.253 e. The summed E-state index contributed by atoms with van der Waals surface area (Å²) in [7, 11) is 5.29. The minimum Gasteiger partial charge on any atom is -0.345 e. The molecular formula is C19H22ClN3O2. The number of halogens is 1. The van der Waals surface area contributed by atoms with Gasteiger partial charge >= 0.3 is 0 Å². The van der Waals surface area contributed by atoms with Crippen LogP contribution in [0.3, 0.4) is 0 Å². The lowest BCUT2D eigenvalue weighted by Crippen LogP contribution is -2.29. The summed E-state index contributed by atoms with van der Waals surface area (Å²) in [6, 6.07) is 14.4. The van der Waals surface area contributed by atoms with Gasteiger partial charge in [0, 0.05) is 36.9 Å². The third-order valence-electron chi connectivity index (χ3n) is 3.60. The summed E-state index contributed by atoms with van der Waals surface area (Å²) in [6.07, 6.45) is 0. The second-order valence-corrected chi connectivity index (χ2v) is 6.56. The first-order chi connectivity index (χ1) is 11.8. The van der Waals surface area contributed by atoms with E-state index in [1.54, 1.807) is 38.4 Å². The van der Waals surface area contributed by atoms with Crippen molar-refractivity contribution in [3.63, 3.8) is 0 Å². The largest absolute Gasteiger partial charge is 0.345 e. The molecule has 0 aromatic heterocycles. The molecule has 2 rings (SSSR count). The second kappa shape index (κ2) is 8.65. The maximum atomic E-state index is 12.1. The van der Waals surface area contributed by atoms with Crippen LogP contribution in [-0.4, -0.2) is 49.3 Å². The summed E-state index contributed by atoms with van der Waals surface area (Å²) in [4.78, 5) is 27.4. The van der Waals surface area contributed by atoms with Crippen molar-refractivity contribution in [2.75, 3.05) is 33.0 Å². The molecule has 0 radical (unpaired) electrons. The number of hydrogen-bond acceptors (Lipinski definition) is 3. The van der Waals surface area contributed by atoms with E-state index in [1.807, 2.05) is 36.2 Å². The number of carbonyl (C=O) groups is 2. The van der Waals surface area contributed by atoms with Crippen LogP contribution < -0.4 is 5.32 Å². The predicted octanol–water partition coefficient (Wildman–Crippen LogP) is 3.11. The zero-order valence-corrected chi connectivity index (χ0v) is 15.4. The van der Waals surface area contributed by atoms with Crippen LogP contribution >= 0.6 is 11.6 Å². The van der Waals surface area contributed by atoms with Gasteiger partial charge in [0.25, 0.3) is 5.91 Å². The van der Waals surface area contributed by atoms with Crippen LogP contribution in [0.5, 0.6) is 0 Å². The minimum absolute atomic E-state index is 0.0689. The molecule has 0 saturated heterocycles. The molecular weight excluding hydrogens is 338 g/mol. The normalized spacial score (nSPS) is 10.6. The van der Waals surface area contributed by atoms with Crippen LogP contribution in [0.4, 0.5) is 5.69 Å². The highest BCUT2D eigenvalue weighted by Gasteiger charge is 2.10. The average Bonchev–Trinajstić information content (AvgIpc) is 2.56. The minimum atomic E-state index is -0.108. The Morgan fingerprint density at radius 3 is 2.12 bits per heavy atom. The monoisotopic (exact) mass is 359 g/mol. The summed E-state index contributed by atoms with van der Waals surface area (Å²) < 4.78 is 0. The summed E-state index contributed by atoms with van der Waals surface area (Å²) in [6.45, 7) is 0.919. The fourth-order valence-corrected chi connectivity index (χ4v) is 2.48. The highest BCUT2D eigenvalue weighted by atomic mass is 35.5. The number of anilines is 1. The first kappa shape index (κ1) is 19.0. The zero-order valence-electron chi connectivity index (χ0n) is 14.6. The van der Waals surface area contributed by atoms with Crippen molar-refractivity contribution in [1.82, 2.24) is 9.80 Å². The van der Waals surface area contributed by atoms with Gasteiger partial charge in [-0.25, -0.2) is 0 Å². The van der Waals surface area contributed by atoms with Gasteiger partial charge < -0.3 is 10.2 Å². The zero-order chi connectivity index (χ0) is 18.4. The molecule has 2 amide bonds. The fourth-order valence-electron chi connectivity index (χ4n) is 2.36. The number of carbonyl (C=O) groups excluding carboxylic acids is 2. The molecule has 6 heteroatoms. The van der Waals surface area contributed by atoms with Crippen molar-refractivity contribution in [1.29, 1.82) is 0 Å². The molecule has 0 atom stereocenters. The summed E-state index contributed by atoms with van der Waals surface area (Å²) in [5.41, 5.74) is 2.34. The van der Waals surface area contributed by atoms with E-state index in [9.17, 15) is 9.59 Å². The Morgan fingerprint density at radius 1 is 0.960 bits per heavy atom. The number of hydrogen-bond donors (Lipinski definition) is 1.